The maximum atomic E-state index is 11.2. The molecule has 1 heterocycles. The molecule has 0 amide bonds. The van der Waals surface area contributed by atoms with Crippen LogP contribution in [0.3, 0.4) is 0 Å². The van der Waals surface area contributed by atoms with Crippen molar-refractivity contribution in [2.45, 2.75) is 11.4 Å². The van der Waals surface area contributed by atoms with E-state index in [0.29, 0.717) is 5.76 Å². The molecule has 2 aromatic rings. The fourth-order valence-electron chi connectivity index (χ4n) is 1.62. The zero-order valence-electron chi connectivity index (χ0n) is 10.00. The first-order valence-corrected chi connectivity index (χ1v) is 7.02. The molecule has 0 aliphatic rings. The van der Waals surface area contributed by atoms with Gasteiger partial charge in [0.2, 0.25) is 0 Å². The molecule has 2 rings (SSSR count). The summed E-state index contributed by atoms with van der Waals surface area (Å²) in [5.74, 6) is -0.641. The Morgan fingerprint density at radius 1 is 1.40 bits per heavy atom. The van der Waals surface area contributed by atoms with Crippen molar-refractivity contribution in [2.75, 3.05) is 5.32 Å². The van der Waals surface area contributed by atoms with Crippen molar-refractivity contribution < 1.29 is 22.7 Å². The SMILES string of the molecule is O=C(O)c1cc([SH](=O)=O)c(Cl)cc1NCc1ccco1. The number of thiol groups is 1. The molecule has 20 heavy (non-hydrogen) atoms. The van der Waals surface area contributed by atoms with E-state index in [1.165, 1.54) is 12.3 Å². The van der Waals surface area contributed by atoms with E-state index in [4.69, 9.17) is 21.1 Å². The summed E-state index contributed by atoms with van der Waals surface area (Å²) in [5.41, 5.74) is 0.0506. The topological polar surface area (TPSA) is 96.6 Å². The highest BCUT2D eigenvalue weighted by Gasteiger charge is 2.15. The van der Waals surface area contributed by atoms with Crippen LogP contribution in [-0.2, 0) is 17.2 Å². The van der Waals surface area contributed by atoms with Crippen molar-refractivity contribution >= 4 is 34.0 Å². The lowest BCUT2D eigenvalue weighted by Crippen LogP contribution is -2.07. The number of nitrogens with one attached hydrogen (secondary N) is 1. The highest BCUT2D eigenvalue weighted by atomic mass is 35.5. The van der Waals surface area contributed by atoms with Crippen molar-refractivity contribution in [3.63, 3.8) is 0 Å². The average molecular weight is 316 g/mol. The summed E-state index contributed by atoms with van der Waals surface area (Å²) in [6.45, 7) is 0.256. The highest BCUT2D eigenvalue weighted by Crippen LogP contribution is 2.27. The van der Waals surface area contributed by atoms with Gasteiger partial charge in [-0.1, -0.05) is 11.6 Å². The van der Waals surface area contributed by atoms with Crippen LogP contribution < -0.4 is 5.32 Å². The normalized spacial score (nSPS) is 10.7. The molecule has 0 atom stereocenters. The molecule has 2 N–H and O–H groups in total. The van der Waals surface area contributed by atoms with Crippen LogP contribution in [0.25, 0.3) is 0 Å². The van der Waals surface area contributed by atoms with Gasteiger partial charge < -0.3 is 14.8 Å². The quantitative estimate of drug-likeness (QED) is 0.732. The van der Waals surface area contributed by atoms with Gasteiger partial charge in [0.1, 0.15) is 5.76 Å². The van der Waals surface area contributed by atoms with Gasteiger partial charge in [0.15, 0.2) is 10.7 Å². The van der Waals surface area contributed by atoms with Crippen LogP contribution in [0.1, 0.15) is 16.1 Å². The van der Waals surface area contributed by atoms with Crippen molar-refractivity contribution in [1.82, 2.24) is 0 Å². The Bertz CT molecular complexity index is 701. The lowest BCUT2D eigenvalue weighted by molar-refractivity contribution is 0.0697. The molecule has 0 unspecified atom stereocenters. The Morgan fingerprint density at radius 2 is 2.15 bits per heavy atom. The summed E-state index contributed by atoms with van der Waals surface area (Å²) in [5, 5.41) is 11.9. The standard InChI is InChI=1S/C12H10ClNO5S/c13-9-5-10(14-6-7-2-1-3-19-7)8(12(15)16)4-11(9)20(17)18/h1-5,14,20H,6H2,(H,15,16). The minimum atomic E-state index is -2.96. The van der Waals surface area contributed by atoms with E-state index < -0.39 is 16.7 Å². The maximum absolute atomic E-state index is 11.2. The number of benzene rings is 1. The minimum Gasteiger partial charge on any atom is -0.478 e. The van der Waals surface area contributed by atoms with E-state index in [9.17, 15) is 13.2 Å². The summed E-state index contributed by atoms with van der Waals surface area (Å²) < 4.78 is 27.1. The summed E-state index contributed by atoms with van der Waals surface area (Å²) >= 11 is 5.82. The predicted octanol–water partition coefficient (Wildman–Crippen LogP) is 2.21. The average Bonchev–Trinajstić information content (AvgIpc) is 2.88. The third-order valence-corrected chi connectivity index (χ3v) is 3.76. The van der Waals surface area contributed by atoms with E-state index in [0.717, 1.165) is 6.07 Å². The summed E-state index contributed by atoms with van der Waals surface area (Å²) in [6.07, 6.45) is 1.49. The van der Waals surface area contributed by atoms with Crippen LogP contribution in [0.4, 0.5) is 5.69 Å². The second-order valence-electron chi connectivity index (χ2n) is 3.84. The number of carbonyl (C=O) groups is 1. The molecule has 1 aromatic heterocycles. The van der Waals surface area contributed by atoms with Crippen LogP contribution in [0.5, 0.6) is 0 Å². The van der Waals surface area contributed by atoms with E-state index in [2.05, 4.69) is 5.32 Å². The van der Waals surface area contributed by atoms with Gasteiger partial charge in [-0.2, -0.15) is 0 Å². The number of aromatic carboxylic acids is 1. The van der Waals surface area contributed by atoms with Gasteiger partial charge in [-0.05, 0) is 24.3 Å². The fraction of sp³-hybridized carbons (Fsp3) is 0.0833. The molecule has 0 aliphatic carbocycles. The lowest BCUT2D eigenvalue weighted by atomic mass is 10.1. The Labute approximate surface area is 120 Å². The van der Waals surface area contributed by atoms with Gasteiger partial charge in [0.25, 0.3) is 0 Å². The molecule has 0 bridgehead atoms. The zero-order valence-corrected chi connectivity index (χ0v) is 11.6. The first kappa shape index (κ1) is 14.4. The number of hydrogen-bond donors (Lipinski definition) is 3. The molecule has 0 saturated heterocycles. The van der Waals surface area contributed by atoms with E-state index in [1.807, 2.05) is 0 Å². The zero-order chi connectivity index (χ0) is 14.7. The second-order valence-corrected chi connectivity index (χ2v) is 5.25. The first-order chi connectivity index (χ1) is 9.49. The van der Waals surface area contributed by atoms with Gasteiger partial charge in [0, 0.05) is 0 Å². The Balaban J connectivity index is 2.36. The van der Waals surface area contributed by atoms with Crippen LogP contribution >= 0.6 is 11.6 Å². The van der Waals surface area contributed by atoms with E-state index in [-0.39, 0.29) is 27.7 Å². The smallest absolute Gasteiger partial charge is 0.337 e. The molecule has 0 radical (unpaired) electrons. The monoisotopic (exact) mass is 315 g/mol. The third kappa shape index (κ3) is 3.12. The number of anilines is 1. The number of hydrogen-bond acceptors (Lipinski definition) is 5. The molecule has 0 aliphatic heterocycles. The largest absolute Gasteiger partial charge is 0.478 e. The third-order valence-electron chi connectivity index (χ3n) is 2.55. The highest BCUT2D eigenvalue weighted by molar-refractivity contribution is 7.72. The van der Waals surface area contributed by atoms with Gasteiger partial charge in [-0.25, -0.2) is 13.2 Å². The molecular formula is C12H10ClNO5S. The lowest BCUT2D eigenvalue weighted by Gasteiger charge is -2.10. The van der Waals surface area contributed by atoms with Crippen molar-refractivity contribution in [3.05, 3.63) is 46.9 Å². The first-order valence-electron chi connectivity index (χ1n) is 5.46. The molecular weight excluding hydrogens is 306 g/mol. The Kier molecular flexibility index (Phi) is 4.31. The molecule has 0 fully saturated rings. The van der Waals surface area contributed by atoms with E-state index >= 15 is 0 Å². The maximum Gasteiger partial charge on any atom is 0.337 e. The van der Waals surface area contributed by atoms with Crippen molar-refractivity contribution in [2.24, 2.45) is 0 Å². The molecule has 6 nitrogen and oxygen atoms in total. The Hall–Kier alpha value is -1.99. The van der Waals surface area contributed by atoms with Gasteiger partial charge >= 0.3 is 5.97 Å². The van der Waals surface area contributed by atoms with Crippen LogP contribution in [0.15, 0.2) is 39.8 Å². The van der Waals surface area contributed by atoms with Gasteiger partial charge in [0.05, 0.1) is 34.0 Å². The van der Waals surface area contributed by atoms with Crippen molar-refractivity contribution in [1.29, 1.82) is 0 Å². The van der Waals surface area contributed by atoms with Crippen LogP contribution in [-0.4, -0.2) is 19.5 Å². The van der Waals surface area contributed by atoms with Crippen LogP contribution in [0.2, 0.25) is 5.02 Å². The summed E-state index contributed by atoms with van der Waals surface area (Å²) in [6, 6.07) is 5.72. The number of carboxylic acids is 1. The predicted molar refractivity (Wildman–Crippen MR) is 73.0 cm³/mol. The van der Waals surface area contributed by atoms with Crippen LogP contribution in [0, 0.1) is 0 Å². The fourth-order valence-corrected chi connectivity index (χ4v) is 2.46. The van der Waals surface area contributed by atoms with E-state index in [1.54, 1.807) is 12.1 Å². The number of furan rings is 1. The molecule has 0 spiro atoms. The minimum absolute atomic E-state index is 0.0342. The second kappa shape index (κ2) is 5.98. The van der Waals surface area contributed by atoms with Gasteiger partial charge in [-0.15, -0.1) is 0 Å². The number of rotatable bonds is 5. The van der Waals surface area contributed by atoms with Gasteiger partial charge in [-0.3, -0.25) is 0 Å². The number of carboxylic acid groups (broad SMARTS) is 1. The molecule has 1 aromatic carbocycles. The van der Waals surface area contributed by atoms with Crippen molar-refractivity contribution in [3.8, 4) is 0 Å². The number of halogens is 1. The summed E-state index contributed by atoms with van der Waals surface area (Å²) in [7, 11) is -2.96. The molecule has 106 valence electrons. The summed E-state index contributed by atoms with van der Waals surface area (Å²) in [4.78, 5) is 10.9. The molecule has 0 saturated carbocycles. The Morgan fingerprint density at radius 3 is 2.70 bits per heavy atom. The molecule has 8 heteroatoms.